The molecule has 2 heterocycles. The quantitative estimate of drug-likeness (QED) is 0.116. The molecule has 4 rings (SSSR count). The van der Waals surface area contributed by atoms with Crippen molar-refractivity contribution in [3.05, 3.63) is 82.5 Å². The number of nitrogens with zero attached hydrogens (tertiary/aromatic N) is 3. The maximum Gasteiger partial charge on any atom is 0.420 e. The highest BCUT2D eigenvalue weighted by atomic mass is 32.2. The first-order valence-electron chi connectivity index (χ1n) is 19.4. The van der Waals surface area contributed by atoms with Gasteiger partial charge in [0, 0.05) is 36.9 Å². The summed E-state index contributed by atoms with van der Waals surface area (Å²) >= 11 is 0. The predicted molar refractivity (Wildman–Crippen MR) is 225 cm³/mol. The van der Waals surface area contributed by atoms with Crippen molar-refractivity contribution >= 4 is 38.7 Å². The lowest BCUT2D eigenvalue weighted by Gasteiger charge is -2.34. The third-order valence-electron chi connectivity index (χ3n) is 9.42. The van der Waals surface area contributed by atoms with E-state index in [1.54, 1.807) is 22.9 Å². The highest BCUT2D eigenvalue weighted by Crippen LogP contribution is 2.41. The smallest absolute Gasteiger partial charge is 0.420 e. The largest absolute Gasteiger partial charge is 0.443 e. The molecule has 0 bridgehead atoms. The van der Waals surface area contributed by atoms with Crippen LogP contribution in [0.25, 0.3) is 22.3 Å². The predicted octanol–water partition coefficient (Wildman–Crippen LogP) is 8.83. The number of anilines is 1. The summed E-state index contributed by atoms with van der Waals surface area (Å²) in [6.45, 7) is 26.9. The zero-order valence-corrected chi connectivity index (χ0v) is 36.1. The van der Waals surface area contributed by atoms with E-state index in [2.05, 4.69) is 82.8 Å². The number of ether oxygens (including phenoxy) is 1. The van der Waals surface area contributed by atoms with Crippen molar-refractivity contribution < 1.29 is 22.7 Å². The third-order valence-corrected chi connectivity index (χ3v) is 10.0. The summed E-state index contributed by atoms with van der Waals surface area (Å²) in [6, 6.07) is 15.7. The summed E-state index contributed by atoms with van der Waals surface area (Å²) in [5, 5.41) is 4.43. The molecule has 2 N–H and O–H groups in total. The van der Waals surface area contributed by atoms with E-state index in [9.17, 15) is 18.0 Å². The molecule has 0 fully saturated rings. The molecule has 11 heteroatoms. The lowest BCUT2D eigenvalue weighted by molar-refractivity contribution is -0.137. The topological polar surface area (TPSA) is 123 Å². The van der Waals surface area contributed by atoms with Crippen molar-refractivity contribution in [2.75, 3.05) is 37.2 Å². The van der Waals surface area contributed by atoms with Crippen LogP contribution in [0.2, 0.25) is 0 Å². The number of rotatable bonds is 15. The number of fused-ring (bicyclic) bond motifs is 1. The Hall–Kier alpha value is -4.22. The Morgan fingerprint density at radius 2 is 1.47 bits per heavy atom. The molecule has 10 nitrogen and oxygen atoms in total. The Labute approximate surface area is 329 Å². The molecular formula is C44H63N5O5S. The molecule has 300 valence electrons. The van der Waals surface area contributed by atoms with Crippen LogP contribution in [-0.2, 0) is 31.4 Å². The second-order valence-corrected chi connectivity index (χ2v) is 19.3. The average Bonchev–Trinajstić information content (AvgIpc) is 3.39. The average molecular weight is 774 g/mol. The van der Waals surface area contributed by atoms with Crippen molar-refractivity contribution in [2.45, 2.75) is 106 Å². The summed E-state index contributed by atoms with van der Waals surface area (Å²) < 4.78 is 33.4. The van der Waals surface area contributed by atoms with Crippen LogP contribution >= 0.6 is 0 Å². The molecule has 1 unspecified atom stereocenters. The number of benzene rings is 2. The van der Waals surface area contributed by atoms with Gasteiger partial charge in [0.2, 0.25) is 15.9 Å². The van der Waals surface area contributed by atoms with Gasteiger partial charge in [-0.15, -0.1) is 0 Å². The van der Waals surface area contributed by atoms with Crippen LogP contribution in [0.3, 0.4) is 0 Å². The number of carbonyl (C=O) groups excluding carboxylic acids is 2. The Morgan fingerprint density at radius 1 is 0.891 bits per heavy atom. The zero-order valence-electron chi connectivity index (χ0n) is 35.3. The van der Waals surface area contributed by atoms with E-state index in [1.165, 1.54) is 0 Å². The number of hydrogen-bond donors (Lipinski definition) is 2. The summed E-state index contributed by atoms with van der Waals surface area (Å²) in [7, 11) is -3.35. The van der Waals surface area contributed by atoms with Gasteiger partial charge in [-0.1, -0.05) is 63.9 Å². The fourth-order valence-corrected chi connectivity index (χ4v) is 7.72. The summed E-state index contributed by atoms with van der Waals surface area (Å²) in [5.41, 5.74) is 5.95. The van der Waals surface area contributed by atoms with Gasteiger partial charge in [-0.25, -0.2) is 22.8 Å². The summed E-state index contributed by atoms with van der Waals surface area (Å²) in [5.74, 6) is 0.600. The summed E-state index contributed by atoms with van der Waals surface area (Å²) in [4.78, 5) is 35.6. The van der Waals surface area contributed by atoms with Crippen LogP contribution in [0.5, 0.6) is 0 Å². The molecule has 0 aliphatic rings. The molecule has 1 amide bonds. The van der Waals surface area contributed by atoms with Crippen LogP contribution in [-0.4, -0.2) is 72.9 Å². The van der Waals surface area contributed by atoms with E-state index in [4.69, 9.17) is 9.72 Å². The van der Waals surface area contributed by atoms with Gasteiger partial charge in [0.1, 0.15) is 11.2 Å². The lowest BCUT2D eigenvalue weighted by Crippen LogP contribution is -2.46. The van der Waals surface area contributed by atoms with Gasteiger partial charge in [-0.3, -0.25) is 9.52 Å². The highest BCUT2D eigenvalue weighted by molar-refractivity contribution is 7.92. The van der Waals surface area contributed by atoms with E-state index in [1.807, 2.05) is 51.7 Å². The second kappa shape index (κ2) is 17.3. The Bertz CT molecular complexity index is 2060. The van der Waals surface area contributed by atoms with Crippen molar-refractivity contribution in [3.63, 3.8) is 0 Å². The first kappa shape index (κ1) is 43.5. The fraction of sp³-hybridized carbons (Fsp3) is 0.523. The van der Waals surface area contributed by atoms with E-state index >= 15 is 0 Å². The molecule has 2 aromatic carbocycles. The van der Waals surface area contributed by atoms with Gasteiger partial charge < -0.3 is 15.0 Å². The first-order chi connectivity index (χ1) is 25.5. The van der Waals surface area contributed by atoms with Crippen molar-refractivity contribution in [2.24, 2.45) is 11.8 Å². The minimum atomic E-state index is -3.35. The van der Waals surface area contributed by atoms with Gasteiger partial charge in [0.15, 0.2) is 0 Å². The Morgan fingerprint density at radius 3 is 2.00 bits per heavy atom. The molecule has 4 aromatic rings. The monoisotopic (exact) mass is 773 g/mol. The number of nitrogens with one attached hydrogen (secondary N) is 2. The van der Waals surface area contributed by atoms with E-state index < -0.39 is 27.1 Å². The standard InChI is InChI=1S/C44H63N5O5S/c1-28(2)26-48(27-29(3)4)41(50)44(11,12)35-23-37-38(32(7)24-45-19-18-33-14-16-36(17-15-33)47-55(13,52)53)39(34-21-30(5)20-31(6)22-34)49(40(37)46-25-35)42(51)54-43(8,9)10/h14-17,20-23,25,28-29,32,45,47H,18-19,24,26-27H2,1-13H3. The zero-order chi connectivity index (χ0) is 41.0. The molecule has 1 atom stereocenters. The number of carbonyl (C=O) groups is 2. The maximum atomic E-state index is 14.4. The number of aryl methyl sites for hydroxylation is 2. The van der Waals surface area contributed by atoms with Crippen LogP contribution in [0.15, 0.2) is 54.7 Å². The summed E-state index contributed by atoms with van der Waals surface area (Å²) in [6.07, 6.45) is 3.11. The normalized spacial score (nSPS) is 13.1. The number of sulfonamides is 1. The molecule has 0 radical (unpaired) electrons. The molecule has 0 spiro atoms. The molecule has 0 aliphatic heterocycles. The minimum absolute atomic E-state index is 0.0496. The molecular weight excluding hydrogens is 711 g/mol. The number of hydrogen-bond acceptors (Lipinski definition) is 7. The van der Waals surface area contributed by atoms with Gasteiger partial charge in [-0.05, 0) is 132 Å². The maximum absolute atomic E-state index is 14.4. The van der Waals surface area contributed by atoms with Crippen molar-refractivity contribution in [1.82, 2.24) is 19.8 Å². The first-order valence-corrected chi connectivity index (χ1v) is 21.3. The highest BCUT2D eigenvalue weighted by Gasteiger charge is 2.37. The third kappa shape index (κ3) is 11.4. The van der Waals surface area contributed by atoms with Crippen molar-refractivity contribution in [1.29, 1.82) is 0 Å². The van der Waals surface area contributed by atoms with E-state index in [-0.39, 0.29) is 11.8 Å². The fourth-order valence-electron chi connectivity index (χ4n) is 7.16. The number of aromatic nitrogens is 2. The Kier molecular flexibility index (Phi) is 13.7. The van der Waals surface area contributed by atoms with Crippen LogP contribution < -0.4 is 10.0 Å². The molecule has 0 saturated carbocycles. The van der Waals surface area contributed by atoms with Crippen LogP contribution in [0.4, 0.5) is 10.5 Å². The molecule has 2 aromatic heterocycles. The second-order valence-electron chi connectivity index (χ2n) is 17.6. The molecule has 0 saturated heterocycles. The van der Waals surface area contributed by atoms with E-state index in [0.717, 1.165) is 57.1 Å². The SMILES string of the molecule is Cc1cc(C)cc(-c2c(C(C)CNCCc3ccc(NS(C)(=O)=O)cc3)c3cc(C(C)(C)C(=O)N(CC(C)C)CC(C)C)cnc3n2C(=O)OC(C)(C)C)c1. The number of amides is 1. The van der Waals surface area contributed by atoms with Crippen molar-refractivity contribution in [3.8, 4) is 11.3 Å². The molecule has 55 heavy (non-hydrogen) atoms. The minimum Gasteiger partial charge on any atom is -0.443 e. The van der Waals surface area contributed by atoms with Gasteiger partial charge in [0.05, 0.1) is 17.4 Å². The molecule has 0 aliphatic carbocycles. The Balaban J connectivity index is 1.84. The van der Waals surface area contributed by atoms with Gasteiger partial charge >= 0.3 is 6.09 Å². The van der Waals surface area contributed by atoms with E-state index in [0.29, 0.717) is 49.3 Å². The van der Waals surface area contributed by atoms with Gasteiger partial charge in [-0.2, -0.15) is 0 Å². The van der Waals surface area contributed by atoms with Gasteiger partial charge in [0.25, 0.3) is 0 Å². The van der Waals surface area contributed by atoms with Crippen LogP contribution in [0, 0.1) is 25.7 Å². The lowest BCUT2D eigenvalue weighted by atomic mass is 9.82. The van der Waals surface area contributed by atoms with Crippen LogP contribution in [0.1, 0.15) is 103 Å². The number of pyridine rings is 1.